The number of amides is 2. The Balaban J connectivity index is 1.74. The Morgan fingerprint density at radius 2 is 1.74 bits per heavy atom. The molecule has 0 radical (unpaired) electrons. The Morgan fingerprint density at radius 1 is 1.03 bits per heavy atom. The van der Waals surface area contributed by atoms with Gasteiger partial charge in [0.15, 0.2) is 0 Å². The fourth-order valence-corrected chi connectivity index (χ4v) is 4.28. The van der Waals surface area contributed by atoms with E-state index in [0.29, 0.717) is 23.7 Å². The number of benzene rings is 2. The largest absolute Gasteiger partial charge is 0.347 e. The molecule has 0 bridgehead atoms. The Bertz CT molecular complexity index is 1140. The number of fused-ring (bicyclic) bond motifs is 1. The molecule has 1 aromatic heterocycles. The third-order valence-electron chi connectivity index (χ3n) is 5.70. The first-order valence-corrected chi connectivity index (χ1v) is 11.1. The zero-order valence-corrected chi connectivity index (χ0v) is 18.4. The van der Waals surface area contributed by atoms with Crippen molar-refractivity contribution >= 4 is 40.4 Å². The average molecular weight is 436 g/mol. The van der Waals surface area contributed by atoms with Gasteiger partial charge in [-0.3, -0.25) is 9.59 Å². The molecule has 0 spiro atoms. The van der Waals surface area contributed by atoms with Crippen LogP contribution >= 0.6 is 11.6 Å². The Morgan fingerprint density at radius 3 is 2.48 bits per heavy atom. The topological polar surface area (TPSA) is 54.3 Å². The van der Waals surface area contributed by atoms with Gasteiger partial charge >= 0.3 is 0 Å². The molecule has 3 aromatic rings. The van der Waals surface area contributed by atoms with Gasteiger partial charge in [0.25, 0.3) is 11.8 Å². The predicted molar refractivity (Wildman–Crippen MR) is 125 cm³/mol. The second-order valence-corrected chi connectivity index (χ2v) is 8.14. The summed E-state index contributed by atoms with van der Waals surface area (Å²) in [6.45, 7) is 4.30. The van der Waals surface area contributed by atoms with E-state index < -0.39 is 0 Å². The molecular weight excluding hydrogens is 410 g/mol. The van der Waals surface area contributed by atoms with Crippen LogP contribution in [-0.4, -0.2) is 34.4 Å². The van der Waals surface area contributed by atoms with Gasteiger partial charge in [-0.25, -0.2) is 0 Å². The molecule has 1 aliphatic rings. The first-order chi connectivity index (χ1) is 15.1. The van der Waals surface area contributed by atoms with Gasteiger partial charge in [-0.2, -0.15) is 0 Å². The lowest BCUT2D eigenvalue weighted by atomic mass is 10.1. The van der Waals surface area contributed by atoms with E-state index in [1.807, 2.05) is 29.3 Å². The van der Waals surface area contributed by atoms with E-state index in [2.05, 4.69) is 22.9 Å². The number of hydrogen-bond acceptors (Lipinski definition) is 2. The first kappa shape index (κ1) is 21.2. The molecule has 2 amide bonds. The lowest BCUT2D eigenvalue weighted by Crippen LogP contribution is -2.41. The number of hydrogen-bond donors (Lipinski definition) is 1. The van der Waals surface area contributed by atoms with Crippen LogP contribution in [0, 0.1) is 0 Å². The van der Waals surface area contributed by atoms with E-state index in [1.54, 1.807) is 30.3 Å². The van der Waals surface area contributed by atoms with E-state index >= 15 is 0 Å². The molecule has 0 saturated carbocycles. The van der Waals surface area contributed by atoms with E-state index in [9.17, 15) is 9.59 Å². The van der Waals surface area contributed by atoms with Crippen LogP contribution < -0.4 is 5.32 Å². The van der Waals surface area contributed by atoms with Crippen molar-refractivity contribution in [2.24, 2.45) is 0 Å². The van der Waals surface area contributed by atoms with Crippen LogP contribution in [0.4, 0.5) is 0 Å². The number of nitrogens with zero attached hydrogens (tertiary/aromatic N) is 2. The molecule has 5 nitrogen and oxygen atoms in total. The summed E-state index contributed by atoms with van der Waals surface area (Å²) in [5, 5.41) is 4.24. The summed E-state index contributed by atoms with van der Waals surface area (Å²) in [4.78, 5) is 28.2. The van der Waals surface area contributed by atoms with Crippen molar-refractivity contribution in [1.82, 2.24) is 14.8 Å². The molecule has 6 heteroatoms. The number of carbonyl (C=O) groups is 2. The van der Waals surface area contributed by atoms with Crippen molar-refractivity contribution in [2.45, 2.75) is 32.7 Å². The van der Waals surface area contributed by atoms with E-state index in [4.69, 9.17) is 11.6 Å². The van der Waals surface area contributed by atoms with Gasteiger partial charge in [-0.15, -0.1) is 0 Å². The molecule has 4 rings (SSSR count). The molecule has 2 aromatic carbocycles. The molecule has 1 saturated heterocycles. The predicted octanol–water partition coefficient (Wildman–Crippen LogP) is 5.10. The third-order valence-corrected chi connectivity index (χ3v) is 6.03. The second-order valence-electron chi connectivity index (χ2n) is 7.73. The van der Waals surface area contributed by atoms with Crippen LogP contribution in [0.1, 0.15) is 42.1 Å². The van der Waals surface area contributed by atoms with Crippen molar-refractivity contribution < 1.29 is 9.59 Å². The lowest BCUT2D eigenvalue weighted by molar-refractivity contribution is -0.128. The molecule has 1 N–H and O–H groups in total. The molecule has 1 aliphatic heterocycles. The number of piperidine rings is 1. The third kappa shape index (κ3) is 4.52. The summed E-state index contributed by atoms with van der Waals surface area (Å²) in [7, 11) is 0. The molecular formula is C25H26ClN3O2. The first-order valence-electron chi connectivity index (χ1n) is 10.7. The van der Waals surface area contributed by atoms with Crippen molar-refractivity contribution in [1.29, 1.82) is 0 Å². The Kier molecular flexibility index (Phi) is 6.42. The Hall–Kier alpha value is -3.05. The highest BCUT2D eigenvalue weighted by molar-refractivity contribution is 6.34. The summed E-state index contributed by atoms with van der Waals surface area (Å²) in [5.41, 5.74) is 2.61. The van der Waals surface area contributed by atoms with Crippen molar-refractivity contribution in [2.75, 3.05) is 13.1 Å². The zero-order valence-electron chi connectivity index (χ0n) is 17.6. The van der Waals surface area contributed by atoms with Crippen molar-refractivity contribution in [3.05, 3.63) is 76.6 Å². The maximum atomic E-state index is 13.4. The van der Waals surface area contributed by atoms with Crippen LogP contribution in [0.15, 0.2) is 60.4 Å². The van der Waals surface area contributed by atoms with E-state index in [-0.39, 0.29) is 17.5 Å². The summed E-state index contributed by atoms with van der Waals surface area (Å²) >= 11 is 6.21. The summed E-state index contributed by atoms with van der Waals surface area (Å²) < 4.78 is 2.14. The van der Waals surface area contributed by atoms with Crippen LogP contribution in [0.2, 0.25) is 5.02 Å². The van der Waals surface area contributed by atoms with E-state index in [0.717, 1.165) is 42.3 Å². The van der Waals surface area contributed by atoms with Crippen LogP contribution in [0.25, 0.3) is 17.0 Å². The molecule has 1 fully saturated rings. The second kappa shape index (κ2) is 9.40. The molecule has 2 heterocycles. The quantitative estimate of drug-likeness (QED) is 0.567. The standard InChI is InChI=1S/C25H26ClN3O2/c1-2-28-17-18(19-10-5-7-13-23(19)28)16-22(25(31)29-14-8-3-9-15-29)27-24(30)20-11-4-6-12-21(20)26/h4-7,10-13,16-17H,2-3,8-9,14-15H2,1H3,(H,27,30)/b22-16-. The van der Waals surface area contributed by atoms with Gasteiger partial charge in [-0.1, -0.05) is 41.9 Å². The average Bonchev–Trinajstić information content (AvgIpc) is 3.16. The van der Waals surface area contributed by atoms with Gasteiger partial charge < -0.3 is 14.8 Å². The smallest absolute Gasteiger partial charge is 0.270 e. The minimum atomic E-state index is -0.388. The van der Waals surface area contributed by atoms with Gasteiger partial charge in [0.2, 0.25) is 0 Å². The number of aryl methyl sites for hydroxylation is 1. The monoisotopic (exact) mass is 435 g/mol. The number of para-hydroxylation sites is 1. The van der Waals surface area contributed by atoms with Crippen LogP contribution in [0.3, 0.4) is 0 Å². The lowest BCUT2D eigenvalue weighted by Gasteiger charge is -2.27. The fraction of sp³-hybridized carbons (Fsp3) is 0.280. The highest BCUT2D eigenvalue weighted by Crippen LogP contribution is 2.24. The molecule has 160 valence electrons. The minimum absolute atomic E-state index is 0.159. The SMILES string of the molecule is CCn1cc(/C=C(\NC(=O)c2ccccc2Cl)C(=O)N2CCCCC2)c2ccccc21. The Labute approximate surface area is 187 Å². The molecule has 0 atom stereocenters. The normalized spacial score (nSPS) is 14.6. The molecule has 31 heavy (non-hydrogen) atoms. The maximum Gasteiger partial charge on any atom is 0.270 e. The minimum Gasteiger partial charge on any atom is -0.347 e. The highest BCUT2D eigenvalue weighted by Gasteiger charge is 2.23. The number of likely N-dealkylation sites (tertiary alicyclic amines) is 1. The van der Waals surface area contributed by atoms with Crippen molar-refractivity contribution in [3.8, 4) is 0 Å². The number of aromatic nitrogens is 1. The van der Waals surface area contributed by atoms with Gasteiger partial charge in [0.1, 0.15) is 5.70 Å². The summed E-state index contributed by atoms with van der Waals surface area (Å²) in [6, 6.07) is 14.9. The van der Waals surface area contributed by atoms with Gasteiger partial charge in [-0.05, 0) is 50.5 Å². The highest BCUT2D eigenvalue weighted by atomic mass is 35.5. The van der Waals surface area contributed by atoms with Crippen molar-refractivity contribution in [3.63, 3.8) is 0 Å². The number of rotatable bonds is 5. The maximum absolute atomic E-state index is 13.4. The number of nitrogens with one attached hydrogen (secondary N) is 1. The number of carbonyl (C=O) groups excluding carboxylic acids is 2. The zero-order chi connectivity index (χ0) is 21.8. The van der Waals surface area contributed by atoms with Crippen LogP contribution in [-0.2, 0) is 11.3 Å². The fourth-order valence-electron chi connectivity index (χ4n) is 4.06. The van der Waals surface area contributed by atoms with Crippen LogP contribution in [0.5, 0.6) is 0 Å². The van der Waals surface area contributed by atoms with E-state index in [1.165, 1.54) is 0 Å². The summed E-state index contributed by atoms with van der Waals surface area (Å²) in [5.74, 6) is -0.546. The van der Waals surface area contributed by atoms with Gasteiger partial charge in [0, 0.05) is 42.3 Å². The van der Waals surface area contributed by atoms with Gasteiger partial charge in [0.05, 0.1) is 10.6 Å². The summed E-state index contributed by atoms with van der Waals surface area (Å²) in [6.07, 6.45) is 6.90. The number of halogens is 1. The molecule has 0 unspecified atom stereocenters. The molecule has 0 aliphatic carbocycles.